The fraction of sp³-hybridized carbons (Fsp3) is 0.333. The number of rotatable bonds is 12. The Morgan fingerprint density at radius 1 is 0.902 bits per heavy atom. The number of nitrogens with one attached hydrogen (secondary N) is 1. The van der Waals surface area contributed by atoms with Crippen molar-refractivity contribution < 1.29 is 18.0 Å². The zero-order chi connectivity index (χ0) is 30.3. The SMILES string of the molecule is CC[C@H](C)NC(=O)[C@H](CC)N(Cc1ccc(Cl)cc1Cl)C(=O)CN(c1cccc(Cl)c1C)S(=O)(=O)c1ccccc1. The predicted molar refractivity (Wildman–Crippen MR) is 166 cm³/mol. The van der Waals surface area contributed by atoms with Gasteiger partial charge < -0.3 is 10.2 Å². The van der Waals surface area contributed by atoms with Gasteiger partial charge in [-0.25, -0.2) is 8.42 Å². The highest BCUT2D eigenvalue weighted by molar-refractivity contribution is 7.92. The number of hydrogen-bond donors (Lipinski definition) is 1. The van der Waals surface area contributed by atoms with Crippen molar-refractivity contribution in [3.63, 3.8) is 0 Å². The van der Waals surface area contributed by atoms with E-state index in [2.05, 4.69) is 5.32 Å². The summed E-state index contributed by atoms with van der Waals surface area (Å²) in [4.78, 5) is 29.0. The van der Waals surface area contributed by atoms with Crippen LogP contribution in [0, 0.1) is 6.92 Å². The van der Waals surface area contributed by atoms with Crippen LogP contribution in [0.1, 0.15) is 44.7 Å². The van der Waals surface area contributed by atoms with Crippen LogP contribution in [0.3, 0.4) is 0 Å². The van der Waals surface area contributed by atoms with Gasteiger partial charge in [-0.05, 0) is 74.2 Å². The van der Waals surface area contributed by atoms with Crippen LogP contribution >= 0.6 is 34.8 Å². The van der Waals surface area contributed by atoms with Crippen molar-refractivity contribution in [3.05, 3.63) is 92.9 Å². The lowest BCUT2D eigenvalue weighted by Gasteiger charge is -2.34. The predicted octanol–water partition coefficient (Wildman–Crippen LogP) is 6.87. The van der Waals surface area contributed by atoms with E-state index in [1.54, 1.807) is 68.4 Å². The molecule has 0 aliphatic carbocycles. The van der Waals surface area contributed by atoms with Crippen LogP contribution < -0.4 is 9.62 Å². The highest BCUT2D eigenvalue weighted by Gasteiger charge is 2.34. The lowest BCUT2D eigenvalue weighted by Crippen LogP contribution is -2.53. The lowest BCUT2D eigenvalue weighted by atomic mass is 10.1. The fourth-order valence-electron chi connectivity index (χ4n) is 4.29. The second kappa shape index (κ2) is 14.4. The van der Waals surface area contributed by atoms with Gasteiger partial charge in [0.05, 0.1) is 10.6 Å². The number of hydrogen-bond acceptors (Lipinski definition) is 4. The van der Waals surface area contributed by atoms with Crippen LogP contribution in [0.2, 0.25) is 15.1 Å². The molecular formula is C30H34Cl3N3O4S. The first kappa shape index (κ1) is 32.7. The first-order valence-corrected chi connectivity index (χ1v) is 15.8. The third-order valence-corrected chi connectivity index (χ3v) is 9.63. The molecular weight excluding hydrogens is 605 g/mol. The summed E-state index contributed by atoms with van der Waals surface area (Å²) >= 11 is 18.9. The van der Waals surface area contributed by atoms with Crippen molar-refractivity contribution in [2.45, 2.75) is 64.1 Å². The summed E-state index contributed by atoms with van der Waals surface area (Å²) in [5, 5.41) is 4.05. The van der Waals surface area contributed by atoms with E-state index in [4.69, 9.17) is 34.8 Å². The van der Waals surface area contributed by atoms with Gasteiger partial charge in [-0.3, -0.25) is 13.9 Å². The average molecular weight is 639 g/mol. The molecule has 2 atom stereocenters. The highest BCUT2D eigenvalue weighted by Crippen LogP contribution is 2.31. The molecule has 220 valence electrons. The van der Waals surface area contributed by atoms with Gasteiger partial charge in [0.2, 0.25) is 11.8 Å². The summed E-state index contributed by atoms with van der Waals surface area (Å²) < 4.78 is 29.0. The second-order valence-electron chi connectivity index (χ2n) is 9.71. The van der Waals surface area contributed by atoms with E-state index in [1.165, 1.54) is 17.0 Å². The Balaban J connectivity index is 2.11. The molecule has 0 saturated heterocycles. The quantitative estimate of drug-likeness (QED) is 0.235. The molecule has 3 rings (SSSR count). The third-order valence-electron chi connectivity index (χ3n) is 6.86. The van der Waals surface area contributed by atoms with Crippen molar-refractivity contribution in [1.29, 1.82) is 0 Å². The van der Waals surface area contributed by atoms with Crippen LogP contribution in [0.25, 0.3) is 0 Å². The van der Waals surface area contributed by atoms with Gasteiger partial charge in [0.15, 0.2) is 0 Å². The summed E-state index contributed by atoms with van der Waals surface area (Å²) in [5.41, 5.74) is 1.32. The van der Waals surface area contributed by atoms with Crippen molar-refractivity contribution >= 4 is 62.3 Å². The van der Waals surface area contributed by atoms with Crippen LogP contribution in [0.5, 0.6) is 0 Å². The standard InChI is InChI=1S/C30H34Cl3N3O4S/c1-5-20(3)34-30(38)27(6-2)35(18-22-15-16-23(31)17-26(22)33)29(37)19-36(28-14-10-13-25(32)21(28)4)41(39,40)24-11-8-7-9-12-24/h7-17,20,27H,5-6,18-19H2,1-4H3,(H,34,38)/t20-,27-/m0/s1. The van der Waals surface area contributed by atoms with E-state index in [-0.39, 0.29) is 29.1 Å². The minimum atomic E-state index is -4.20. The number of carbonyl (C=O) groups is 2. The Kier molecular flexibility index (Phi) is 11.5. The second-order valence-corrected chi connectivity index (χ2v) is 12.8. The summed E-state index contributed by atoms with van der Waals surface area (Å²) in [6.07, 6.45) is 0.997. The Morgan fingerprint density at radius 2 is 1.59 bits per heavy atom. The van der Waals surface area contributed by atoms with E-state index >= 15 is 0 Å². The Morgan fingerprint density at radius 3 is 2.20 bits per heavy atom. The molecule has 7 nitrogen and oxygen atoms in total. The molecule has 11 heteroatoms. The minimum absolute atomic E-state index is 0.0148. The zero-order valence-corrected chi connectivity index (χ0v) is 26.5. The van der Waals surface area contributed by atoms with Crippen LogP contribution in [-0.4, -0.2) is 43.8 Å². The van der Waals surface area contributed by atoms with E-state index in [1.807, 2.05) is 13.8 Å². The topological polar surface area (TPSA) is 86.8 Å². The Bertz CT molecular complexity index is 1490. The molecule has 3 aromatic carbocycles. The zero-order valence-electron chi connectivity index (χ0n) is 23.4. The van der Waals surface area contributed by atoms with Gasteiger partial charge in [-0.15, -0.1) is 0 Å². The molecule has 0 radical (unpaired) electrons. The number of sulfonamides is 1. The number of benzene rings is 3. The van der Waals surface area contributed by atoms with Crippen molar-refractivity contribution in [2.24, 2.45) is 0 Å². The maximum absolute atomic E-state index is 14.2. The molecule has 0 unspecified atom stereocenters. The van der Waals surface area contributed by atoms with Crippen molar-refractivity contribution in [1.82, 2.24) is 10.2 Å². The van der Waals surface area contributed by atoms with Gasteiger partial charge in [-0.1, -0.05) is 79.0 Å². The van der Waals surface area contributed by atoms with Gasteiger partial charge in [0.25, 0.3) is 10.0 Å². The minimum Gasteiger partial charge on any atom is -0.352 e. The van der Waals surface area contributed by atoms with Crippen molar-refractivity contribution in [3.8, 4) is 0 Å². The Labute approximate surface area is 257 Å². The first-order valence-electron chi connectivity index (χ1n) is 13.3. The third kappa shape index (κ3) is 7.95. The maximum atomic E-state index is 14.2. The number of halogens is 3. The molecule has 0 heterocycles. The molecule has 2 amide bonds. The largest absolute Gasteiger partial charge is 0.352 e. The summed E-state index contributed by atoms with van der Waals surface area (Å²) in [5.74, 6) is -0.919. The molecule has 0 aliphatic heterocycles. The normalized spacial score (nSPS) is 12.9. The number of anilines is 1. The maximum Gasteiger partial charge on any atom is 0.264 e. The van der Waals surface area contributed by atoms with Crippen LogP contribution in [0.15, 0.2) is 71.6 Å². The Hall–Kier alpha value is -2.78. The summed E-state index contributed by atoms with van der Waals surface area (Å²) in [6.45, 7) is 6.70. The molecule has 0 bridgehead atoms. The lowest BCUT2D eigenvalue weighted by molar-refractivity contribution is -0.140. The number of carbonyl (C=O) groups excluding carboxylic acids is 2. The number of amides is 2. The van der Waals surface area contributed by atoms with E-state index in [9.17, 15) is 18.0 Å². The molecule has 1 N–H and O–H groups in total. The van der Waals surface area contributed by atoms with Gasteiger partial charge in [0.1, 0.15) is 12.6 Å². The molecule has 0 fully saturated rings. The van der Waals surface area contributed by atoms with Crippen LogP contribution in [-0.2, 0) is 26.2 Å². The van der Waals surface area contributed by atoms with Crippen molar-refractivity contribution in [2.75, 3.05) is 10.8 Å². The average Bonchev–Trinajstić information content (AvgIpc) is 2.94. The molecule has 3 aromatic rings. The van der Waals surface area contributed by atoms with Gasteiger partial charge in [-0.2, -0.15) is 0 Å². The van der Waals surface area contributed by atoms with E-state index < -0.39 is 28.5 Å². The smallest absolute Gasteiger partial charge is 0.264 e. The molecule has 0 spiro atoms. The summed E-state index contributed by atoms with van der Waals surface area (Å²) in [6, 6.07) is 16.6. The molecule has 41 heavy (non-hydrogen) atoms. The van der Waals surface area contributed by atoms with Gasteiger partial charge in [0, 0.05) is 27.7 Å². The number of nitrogens with zero attached hydrogens (tertiary/aromatic N) is 2. The fourth-order valence-corrected chi connectivity index (χ4v) is 6.42. The first-order chi connectivity index (χ1) is 19.4. The van der Waals surface area contributed by atoms with Crippen LogP contribution in [0.4, 0.5) is 5.69 Å². The molecule has 0 saturated carbocycles. The monoisotopic (exact) mass is 637 g/mol. The summed E-state index contributed by atoms with van der Waals surface area (Å²) in [7, 11) is -4.20. The van der Waals surface area contributed by atoms with E-state index in [0.717, 1.165) is 4.31 Å². The molecule has 0 aromatic heterocycles. The van der Waals surface area contributed by atoms with E-state index in [0.29, 0.717) is 39.0 Å². The molecule has 0 aliphatic rings. The van der Waals surface area contributed by atoms with Gasteiger partial charge >= 0.3 is 0 Å². The highest BCUT2D eigenvalue weighted by atomic mass is 35.5.